The molecule has 80 valence electrons. The molecule has 0 bridgehead atoms. The maximum absolute atomic E-state index is 11.2. The van der Waals surface area contributed by atoms with Crippen molar-refractivity contribution in [2.75, 3.05) is 7.11 Å². The van der Waals surface area contributed by atoms with Crippen molar-refractivity contribution < 1.29 is 9.53 Å². The Morgan fingerprint density at radius 3 is 2.87 bits per heavy atom. The minimum absolute atomic E-state index is 0.125. The van der Waals surface area contributed by atoms with Gasteiger partial charge in [0.2, 0.25) is 5.91 Å². The minimum Gasteiger partial charge on any atom is -0.497 e. The molecule has 1 heterocycles. The highest BCUT2D eigenvalue weighted by molar-refractivity contribution is 5.79. The van der Waals surface area contributed by atoms with Crippen LogP contribution in [-0.4, -0.2) is 13.0 Å². The molecule has 1 atom stereocenters. The number of carbonyl (C=O) groups excluding carboxylic acids is 1. The molecule has 0 spiro atoms. The lowest BCUT2D eigenvalue weighted by Crippen LogP contribution is -2.35. The summed E-state index contributed by atoms with van der Waals surface area (Å²) in [5.74, 6) is 0.954. The molecule has 1 aromatic carbocycles. The van der Waals surface area contributed by atoms with Gasteiger partial charge in [-0.3, -0.25) is 4.79 Å². The lowest BCUT2D eigenvalue weighted by Gasteiger charge is -2.24. The van der Waals surface area contributed by atoms with E-state index in [0.29, 0.717) is 6.42 Å². The first-order valence-electron chi connectivity index (χ1n) is 5.09. The number of carbonyl (C=O) groups is 1. The highest BCUT2D eigenvalue weighted by Gasteiger charge is 2.34. The monoisotopic (exact) mass is 205 g/mol. The Morgan fingerprint density at radius 1 is 1.47 bits per heavy atom. The highest BCUT2D eigenvalue weighted by Crippen LogP contribution is 2.32. The van der Waals surface area contributed by atoms with Gasteiger partial charge in [-0.2, -0.15) is 0 Å². The Labute approximate surface area is 89.4 Å². The molecule has 3 heteroatoms. The van der Waals surface area contributed by atoms with Gasteiger partial charge >= 0.3 is 0 Å². The van der Waals surface area contributed by atoms with Crippen molar-refractivity contribution in [2.24, 2.45) is 0 Å². The van der Waals surface area contributed by atoms with Crippen LogP contribution in [0.3, 0.4) is 0 Å². The van der Waals surface area contributed by atoms with Gasteiger partial charge < -0.3 is 10.1 Å². The molecule has 15 heavy (non-hydrogen) atoms. The van der Waals surface area contributed by atoms with E-state index in [1.54, 1.807) is 7.11 Å². The SMILES string of the molecule is COc1cccc(C2(C)CCC(=O)N2)c1. The lowest BCUT2D eigenvalue weighted by molar-refractivity contribution is -0.119. The summed E-state index contributed by atoms with van der Waals surface area (Å²) in [6, 6.07) is 7.85. The van der Waals surface area contributed by atoms with E-state index in [4.69, 9.17) is 4.74 Å². The second kappa shape index (κ2) is 3.57. The van der Waals surface area contributed by atoms with E-state index in [9.17, 15) is 4.79 Å². The van der Waals surface area contributed by atoms with E-state index in [1.165, 1.54) is 0 Å². The molecule has 0 aliphatic carbocycles. The fourth-order valence-corrected chi connectivity index (χ4v) is 1.98. The van der Waals surface area contributed by atoms with E-state index in [-0.39, 0.29) is 11.4 Å². The zero-order chi connectivity index (χ0) is 10.9. The predicted octanol–water partition coefficient (Wildman–Crippen LogP) is 1.82. The van der Waals surface area contributed by atoms with Crippen LogP contribution in [-0.2, 0) is 10.3 Å². The summed E-state index contributed by atoms with van der Waals surface area (Å²) in [7, 11) is 1.65. The Balaban J connectivity index is 2.32. The number of amides is 1. The molecule has 1 N–H and O–H groups in total. The van der Waals surface area contributed by atoms with Crippen LogP contribution in [0.5, 0.6) is 5.75 Å². The number of methoxy groups -OCH3 is 1. The van der Waals surface area contributed by atoms with E-state index in [1.807, 2.05) is 31.2 Å². The normalized spacial score (nSPS) is 25.1. The molecule has 1 saturated heterocycles. The molecule has 0 radical (unpaired) electrons. The summed E-state index contributed by atoms with van der Waals surface area (Å²) < 4.78 is 5.17. The first-order valence-corrected chi connectivity index (χ1v) is 5.09. The van der Waals surface area contributed by atoms with Crippen LogP contribution in [0, 0.1) is 0 Å². The van der Waals surface area contributed by atoms with E-state index in [0.717, 1.165) is 17.7 Å². The molecular formula is C12H15NO2. The van der Waals surface area contributed by atoms with Gasteiger partial charge in [0.1, 0.15) is 5.75 Å². The molecule has 1 aliphatic heterocycles. The van der Waals surface area contributed by atoms with Crippen LogP contribution >= 0.6 is 0 Å². The fraction of sp³-hybridized carbons (Fsp3) is 0.417. The zero-order valence-corrected chi connectivity index (χ0v) is 9.04. The first kappa shape index (κ1) is 10.0. The number of nitrogens with one attached hydrogen (secondary N) is 1. The Morgan fingerprint density at radius 2 is 2.27 bits per heavy atom. The van der Waals surface area contributed by atoms with Gasteiger partial charge in [-0.25, -0.2) is 0 Å². The minimum atomic E-state index is -0.231. The van der Waals surface area contributed by atoms with Crippen molar-refractivity contribution >= 4 is 5.91 Å². The largest absolute Gasteiger partial charge is 0.497 e. The van der Waals surface area contributed by atoms with Crippen molar-refractivity contribution in [3.05, 3.63) is 29.8 Å². The highest BCUT2D eigenvalue weighted by atomic mass is 16.5. The molecule has 1 aliphatic rings. The number of hydrogen-bond acceptors (Lipinski definition) is 2. The van der Waals surface area contributed by atoms with Gasteiger partial charge in [0.25, 0.3) is 0 Å². The third-order valence-corrected chi connectivity index (χ3v) is 2.97. The van der Waals surface area contributed by atoms with Crippen molar-refractivity contribution in [1.82, 2.24) is 5.32 Å². The molecule has 3 nitrogen and oxygen atoms in total. The average Bonchev–Trinajstić information content (AvgIpc) is 2.60. The molecule has 1 unspecified atom stereocenters. The standard InChI is InChI=1S/C12H15NO2/c1-12(7-6-11(14)13-12)9-4-3-5-10(8-9)15-2/h3-5,8H,6-7H2,1-2H3,(H,13,14). The second-order valence-electron chi connectivity index (χ2n) is 4.11. The summed E-state index contributed by atoms with van der Waals surface area (Å²) in [5.41, 5.74) is 0.874. The molecule has 2 rings (SSSR count). The van der Waals surface area contributed by atoms with Gasteiger partial charge in [0, 0.05) is 6.42 Å². The molecule has 1 fully saturated rings. The van der Waals surface area contributed by atoms with E-state index >= 15 is 0 Å². The van der Waals surface area contributed by atoms with Crippen LogP contribution in [0.25, 0.3) is 0 Å². The quantitative estimate of drug-likeness (QED) is 0.799. The van der Waals surface area contributed by atoms with Crippen molar-refractivity contribution in [3.63, 3.8) is 0 Å². The van der Waals surface area contributed by atoms with Gasteiger partial charge in [-0.05, 0) is 31.0 Å². The Hall–Kier alpha value is -1.51. The fourth-order valence-electron chi connectivity index (χ4n) is 1.98. The third kappa shape index (κ3) is 1.82. The number of rotatable bonds is 2. The van der Waals surface area contributed by atoms with Crippen molar-refractivity contribution in [1.29, 1.82) is 0 Å². The summed E-state index contributed by atoms with van der Waals surface area (Å²) >= 11 is 0. The van der Waals surface area contributed by atoms with Crippen LogP contribution < -0.4 is 10.1 Å². The lowest BCUT2D eigenvalue weighted by atomic mass is 9.90. The van der Waals surface area contributed by atoms with Crippen molar-refractivity contribution in [2.45, 2.75) is 25.3 Å². The number of benzene rings is 1. The average molecular weight is 205 g/mol. The summed E-state index contributed by atoms with van der Waals surface area (Å²) in [6.07, 6.45) is 1.45. The van der Waals surface area contributed by atoms with Gasteiger partial charge in [-0.15, -0.1) is 0 Å². The number of hydrogen-bond donors (Lipinski definition) is 1. The Bertz CT molecular complexity index is 389. The topological polar surface area (TPSA) is 38.3 Å². The third-order valence-electron chi connectivity index (χ3n) is 2.97. The van der Waals surface area contributed by atoms with Crippen LogP contribution in [0.1, 0.15) is 25.3 Å². The van der Waals surface area contributed by atoms with E-state index in [2.05, 4.69) is 5.32 Å². The van der Waals surface area contributed by atoms with Gasteiger partial charge in [0.05, 0.1) is 12.6 Å². The molecular weight excluding hydrogens is 190 g/mol. The van der Waals surface area contributed by atoms with Crippen LogP contribution in [0.2, 0.25) is 0 Å². The smallest absolute Gasteiger partial charge is 0.220 e. The van der Waals surface area contributed by atoms with Crippen LogP contribution in [0.4, 0.5) is 0 Å². The maximum Gasteiger partial charge on any atom is 0.220 e. The summed E-state index contributed by atoms with van der Waals surface area (Å²) in [6.45, 7) is 2.05. The molecule has 0 saturated carbocycles. The number of ether oxygens (including phenoxy) is 1. The van der Waals surface area contributed by atoms with Crippen molar-refractivity contribution in [3.8, 4) is 5.75 Å². The Kier molecular flexibility index (Phi) is 2.39. The van der Waals surface area contributed by atoms with E-state index < -0.39 is 0 Å². The molecule has 1 aromatic rings. The van der Waals surface area contributed by atoms with Gasteiger partial charge in [-0.1, -0.05) is 12.1 Å². The van der Waals surface area contributed by atoms with Crippen LogP contribution in [0.15, 0.2) is 24.3 Å². The maximum atomic E-state index is 11.2. The first-order chi connectivity index (χ1) is 7.14. The second-order valence-corrected chi connectivity index (χ2v) is 4.11. The zero-order valence-electron chi connectivity index (χ0n) is 9.04. The molecule has 1 amide bonds. The summed E-state index contributed by atoms with van der Waals surface area (Å²) in [4.78, 5) is 11.2. The summed E-state index contributed by atoms with van der Waals surface area (Å²) in [5, 5.41) is 3.00. The predicted molar refractivity (Wildman–Crippen MR) is 57.7 cm³/mol. The molecule has 0 aromatic heterocycles. The van der Waals surface area contributed by atoms with Gasteiger partial charge in [0.15, 0.2) is 0 Å².